The van der Waals surface area contributed by atoms with Gasteiger partial charge in [0.25, 0.3) is 0 Å². The van der Waals surface area contributed by atoms with Crippen LogP contribution in [0.5, 0.6) is 0 Å². The summed E-state index contributed by atoms with van der Waals surface area (Å²) in [6, 6.07) is 5.33. The highest BCUT2D eigenvalue weighted by Gasteiger charge is 2.50. The average molecular weight is 510 g/mol. The normalized spacial score (nSPS) is 32.3. The SMILES string of the molecule is CS(=O)(=O)N1CC2(CCN(C3CC4CCC(C3)N4C(=O)O[C@@H]3CCOC3)CC2)c2cc(F)ccc21.[HH]. The van der Waals surface area contributed by atoms with Gasteiger partial charge in [-0.15, -0.1) is 0 Å². The van der Waals surface area contributed by atoms with Crippen LogP contribution in [0, 0.1) is 5.82 Å². The second-order valence-corrected chi connectivity index (χ2v) is 12.9. The minimum atomic E-state index is -3.43. The molecule has 0 aromatic heterocycles. The second-order valence-electron chi connectivity index (χ2n) is 11.0. The number of sulfonamides is 1. The van der Waals surface area contributed by atoms with Crippen LogP contribution in [0.15, 0.2) is 18.2 Å². The van der Waals surface area contributed by atoms with E-state index in [0.29, 0.717) is 31.5 Å². The van der Waals surface area contributed by atoms with Crippen molar-refractivity contribution in [3.8, 4) is 0 Å². The van der Waals surface area contributed by atoms with Gasteiger partial charge in [0, 0.05) is 37.9 Å². The minimum absolute atomic E-state index is 0. The van der Waals surface area contributed by atoms with Crippen LogP contribution in [0.2, 0.25) is 0 Å². The van der Waals surface area contributed by atoms with Crippen LogP contribution >= 0.6 is 0 Å². The highest BCUT2D eigenvalue weighted by Crippen LogP contribution is 2.49. The molecule has 6 rings (SSSR count). The van der Waals surface area contributed by atoms with Crippen LogP contribution in [-0.4, -0.2) is 87.6 Å². The standard InChI is InChI=1S/C25H34FN3O5S.H2/c1-35(31,32)28-16-25(22-12-17(26)2-5-23(22)28)7-9-27(10-8-25)20-13-18-3-4-19(14-20)29(18)24(30)34-21-6-11-33-15-21;/h2,5,12,18-21H,3-4,6-11,13-16H2,1H3;1H/t18?,19?,20?,21-;/m1./s1. The molecule has 0 saturated carbocycles. The first-order valence-corrected chi connectivity index (χ1v) is 14.7. The summed E-state index contributed by atoms with van der Waals surface area (Å²) in [6.07, 6.45) is 7.22. The lowest BCUT2D eigenvalue weighted by atomic mass is 9.73. The quantitative estimate of drug-likeness (QED) is 0.623. The summed E-state index contributed by atoms with van der Waals surface area (Å²) in [5.41, 5.74) is 1.11. The zero-order chi connectivity index (χ0) is 24.4. The Morgan fingerprint density at radius 3 is 2.49 bits per heavy atom. The Morgan fingerprint density at radius 1 is 1.14 bits per heavy atom. The predicted molar refractivity (Wildman–Crippen MR) is 131 cm³/mol. The predicted octanol–water partition coefficient (Wildman–Crippen LogP) is 3.11. The molecule has 4 saturated heterocycles. The Labute approximate surface area is 207 Å². The second kappa shape index (κ2) is 8.59. The van der Waals surface area contributed by atoms with Crippen LogP contribution in [0.1, 0.15) is 51.9 Å². The van der Waals surface area contributed by atoms with Crippen molar-refractivity contribution in [2.24, 2.45) is 0 Å². The topological polar surface area (TPSA) is 79.4 Å². The summed E-state index contributed by atoms with van der Waals surface area (Å²) < 4.78 is 51.6. The number of nitrogens with zero attached hydrogens (tertiary/aromatic N) is 3. The van der Waals surface area contributed by atoms with Gasteiger partial charge in [-0.05, 0) is 75.4 Å². The lowest BCUT2D eigenvalue weighted by Crippen LogP contribution is -2.56. The van der Waals surface area contributed by atoms with Gasteiger partial charge in [-0.3, -0.25) is 4.31 Å². The van der Waals surface area contributed by atoms with Gasteiger partial charge in [0.1, 0.15) is 11.9 Å². The maximum Gasteiger partial charge on any atom is 0.410 e. The van der Waals surface area contributed by atoms with Gasteiger partial charge in [0.05, 0.1) is 25.2 Å². The molecule has 4 fully saturated rings. The van der Waals surface area contributed by atoms with E-state index in [-0.39, 0.29) is 36.9 Å². The molecule has 35 heavy (non-hydrogen) atoms. The molecular weight excluding hydrogens is 473 g/mol. The molecule has 5 aliphatic heterocycles. The van der Waals surface area contributed by atoms with Gasteiger partial charge < -0.3 is 19.3 Å². The van der Waals surface area contributed by atoms with Crippen LogP contribution < -0.4 is 4.31 Å². The van der Waals surface area contributed by atoms with Gasteiger partial charge in [-0.25, -0.2) is 17.6 Å². The minimum Gasteiger partial charge on any atom is -0.444 e. The van der Waals surface area contributed by atoms with Crippen LogP contribution in [0.25, 0.3) is 0 Å². The Bertz CT molecular complexity index is 1090. The number of carbonyl (C=O) groups excluding carboxylic acids is 1. The first-order valence-electron chi connectivity index (χ1n) is 12.8. The van der Waals surface area contributed by atoms with E-state index < -0.39 is 10.0 Å². The van der Waals surface area contributed by atoms with Crippen molar-refractivity contribution in [2.75, 3.05) is 43.4 Å². The zero-order valence-electron chi connectivity index (χ0n) is 20.2. The van der Waals surface area contributed by atoms with Crippen molar-refractivity contribution in [1.82, 2.24) is 9.80 Å². The number of hydrogen-bond donors (Lipinski definition) is 0. The summed E-state index contributed by atoms with van der Waals surface area (Å²) in [6.45, 7) is 3.24. The Kier molecular flexibility index (Phi) is 5.76. The van der Waals surface area contributed by atoms with Gasteiger partial charge in [0.15, 0.2) is 0 Å². The average Bonchev–Trinajstić information content (AvgIpc) is 3.50. The Hall–Kier alpha value is -1.91. The summed E-state index contributed by atoms with van der Waals surface area (Å²) in [4.78, 5) is 17.4. The number of rotatable bonds is 3. The number of amides is 1. The van der Waals surface area contributed by atoms with Gasteiger partial charge in [-0.2, -0.15) is 0 Å². The lowest BCUT2D eigenvalue weighted by molar-refractivity contribution is 0.00981. The fourth-order valence-electron chi connectivity index (χ4n) is 7.19. The summed E-state index contributed by atoms with van der Waals surface area (Å²) in [7, 11) is -3.43. The van der Waals surface area contributed by atoms with E-state index in [1.807, 2.05) is 4.90 Å². The molecule has 0 aliphatic carbocycles. The molecule has 0 N–H and O–H groups in total. The molecule has 8 nitrogen and oxygen atoms in total. The number of carbonyl (C=O) groups is 1. The third-order valence-electron chi connectivity index (χ3n) is 8.99. The summed E-state index contributed by atoms with van der Waals surface area (Å²) in [5.74, 6) is -0.319. The molecule has 2 bridgehead atoms. The maximum atomic E-state index is 14.2. The highest BCUT2D eigenvalue weighted by atomic mass is 32.2. The van der Waals surface area contributed by atoms with Crippen molar-refractivity contribution in [3.05, 3.63) is 29.6 Å². The van der Waals surface area contributed by atoms with E-state index in [1.165, 1.54) is 22.7 Å². The summed E-state index contributed by atoms with van der Waals surface area (Å²) in [5, 5.41) is 0. The fraction of sp³-hybridized carbons (Fsp3) is 0.720. The van der Waals surface area contributed by atoms with E-state index >= 15 is 0 Å². The van der Waals surface area contributed by atoms with Crippen molar-refractivity contribution in [2.45, 2.75) is 74.6 Å². The van der Waals surface area contributed by atoms with Crippen LogP contribution in [0.4, 0.5) is 14.9 Å². The van der Waals surface area contributed by atoms with Gasteiger partial charge >= 0.3 is 6.09 Å². The number of benzene rings is 1. The first kappa shape index (κ1) is 23.5. The number of likely N-dealkylation sites (tertiary alicyclic amines) is 1. The lowest BCUT2D eigenvalue weighted by Gasteiger charge is -2.47. The molecule has 1 amide bonds. The smallest absolute Gasteiger partial charge is 0.410 e. The van der Waals surface area contributed by atoms with Crippen LogP contribution in [0.3, 0.4) is 0 Å². The van der Waals surface area contributed by atoms with Gasteiger partial charge in [0.2, 0.25) is 10.0 Å². The molecule has 5 heterocycles. The molecule has 3 atom stereocenters. The third-order valence-corrected chi connectivity index (χ3v) is 10.1. The monoisotopic (exact) mass is 509 g/mol. The van der Waals surface area contributed by atoms with E-state index in [9.17, 15) is 17.6 Å². The van der Waals surface area contributed by atoms with Crippen molar-refractivity contribution >= 4 is 21.8 Å². The van der Waals surface area contributed by atoms with Gasteiger partial charge in [-0.1, -0.05) is 0 Å². The fourth-order valence-corrected chi connectivity index (χ4v) is 8.19. The molecule has 0 radical (unpaired) electrons. The van der Waals surface area contributed by atoms with Crippen molar-refractivity contribution in [1.29, 1.82) is 0 Å². The van der Waals surface area contributed by atoms with Crippen molar-refractivity contribution in [3.63, 3.8) is 0 Å². The number of anilines is 1. The van der Waals surface area contributed by atoms with E-state index in [4.69, 9.17) is 9.47 Å². The summed E-state index contributed by atoms with van der Waals surface area (Å²) >= 11 is 0. The number of ether oxygens (including phenoxy) is 2. The largest absolute Gasteiger partial charge is 0.444 e. The molecule has 194 valence electrons. The Morgan fingerprint density at radius 2 is 1.86 bits per heavy atom. The molecular formula is C25H36FN3O5S. The molecule has 10 heteroatoms. The van der Waals surface area contributed by atoms with E-state index in [0.717, 1.165) is 63.6 Å². The molecule has 1 spiro atoms. The molecule has 1 aromatic carbocycles. The molecule has 1 aromatic rings. The number of piperidine rings is 2. The first-order chi connectivity index (χ1) is 16.7. The third kappa shape index (κ3) is 4.11. The number of fused-ring (bicyclic) bond motifs is 4. The maximum absolute atomic E-state index is 14.2. The van der Waals surface area contributed by atoms with E-state index in [2.05, 4.69) is 4.90 Å². The molecule has 5 aliphatic rings. The Balaban J connectivity index is 0.00000267. The zero-order valence-corrected chi connectivity index (χ0v) is 21.0. The number of halogens is 1. The molecule has 2 unspecified atom stereocenters. The van der Waals surface area contributed by atoms with Crippen LogP contribution in [-0.2, 0) is 24.9 Å². The van der Waals surface area contributed by atoms with E-state index in [1.54, 1.807) is 6.07 Å². The number of hydrogen-bond acceptors (Lipinski definition) is 6. The van der Waals surface area contributed by atoms with Crippen molar-refractivity contribution < 1.29 is 28.5 Å². The highest BCUT2D eigenvalue weighted by molar-refractivity contribution is 7.92.